The topological polar surface area (TPSA) is 69.8 Å². The van der Waals surface area contributed by atoms with Gasteiger partial charge in [0.2, 0.25) is 0 Å². The van der Waals surface area contributed by atoms with Gasteiger partial charge in [0, 0.05) is 48.1 Å². The lowest BCUT2D eigenvalue weighted by atomic mass is 10.1. The summed E-state index contributed by atoms with van der Waals surface area (Å²) in [5, 5.41) is 1.21. The predicted molar refractivity (Wildman–Crippen MR) is 118 cm³/mol. The zero-order valence-electron chi connectivity index (χ0n) is 17.6. The van der Waals surface area contributed by atoms with Crippen molar-refractivity contribution >= 4 is 22.1 Å². The summed E-state index contributed by atoms with van der Waals surface area (Å²) in [6.45, 7) is 8.87. The van der Waals surface area contributed by atoms with Crippen molar-refractivity contribution in [2.45, 2.75) is 39.8 Å². The van der Waals surface area contributed by atoms with Crippen LogP contribution in [0.25, 0.3) is 33.3 Å². The molecule has 29 heavy (non-hydrogen) atoms. The average Bonchev–Trinajstić information content (AvgIpc) is 3.26. The van der Waals surface area contributed by atoms with Gasteiger partial charge in [0.05, 0.1) is 6.10 Å². The second-order valence-corrected chi connectivity index (χ2v) is 7.99. The van der Waals surface area contributed by atoms with Crippen LogP contribution in [0.1, 0.15) is 31.7 Å². The van der Waals surface area contributed by atoms with Gasteiger partial charge in [-0.2, -0.15) is 0 Å². The molecule has 4 aromatic rings. The molecule has 0 amide bonds. The molecule has 1 aromatic carbocycles. The third kappa shape index (κ3) is 4.49. The Bertz CT molecular complexity index is 1110. The zero-order valence-corrected chi connectivity index (χ0v) is 17.6. The smallest absolute Gasteiger partial charge is 0.158 e. The molecule has 0 spiro atoms. The fraction of sp³-hybridized carbons (Fsp3) is 0.391. The van der Waals surface area contributed by atoms with Crippen LogP contribution in [0.2, 0.25) is 0 Å². The second-order valence-electron chi connectivity index (χ2n) is 7.99. The van der Waals surface area contributed by atoms with Crippen LogP contribution < -0.4 is 0 Å². The number of aryl methyl sites for hydroxylation is 1. The Balaban J connectivity index is 1.50. The zero-order chi connectivity index (χ0) is 20.4. The molecule has 0 aliphatic heterocycles. The Labute approximate surface area is 171 Å². The number of fused-ring (bicyclic) bond motifs is 2. The van der Waals surface area contributed by atoms with E-state index in [2.05, 4.69) is 70.0 Å². The molecule has 3 aromatic heterocycles. The van der Waals surface area contributed by atoms with E-state index in [1.54, 1.807) is 0 Å². The lowest BCUT2D eigenvalue weighted by Crippen LogP contribution is -2.20. The number of hydrogen-bond acceptors (Lipinski definition) is 4. The molecule has 0 fully saturated rings. The molecule has 0 aliphatic carbocycles. The van der Waals surface area contributed by atoms with Crippen molar-refractivity contribution in [3.8, 4) is 11.3 Å². The van der Waals surface area contributed by atoms with Gasteiger partial charge in [0.1, 0.15) is 11.3 Å². The number of aromatic amines is 2. The lowest BCUT2D eigenvalue weighted by molar-refractivity contribution is 0.0717. The highest BCUT2D eigenvalue weighted by Gasteiger charge is 2.11. The average molecular weight is 392 g/mol. The van der Waals surface area contributed by atoms with Crippen LogP contribution in [-0.2, 0) is 11.3 Å². The van der Waals surface area contributed by atoms with Crippen LogP contribution >= 0.6 is 0 Å². The maximum absolute atomic E-state index is 5.63. The van der Waals surface area contributed by atoms with Gasteiger partial charge in [-0.05, 0) is 64.1 Å². The first-order chi connectivity index (χ1) is 14.0. The van der Waals surface area contributed by atoms with Crippen molar-refractivity contribution in [2.24, 2.45) is 0 Å². The number of aromatic nitrogens is 4. The van der Waals surface area contributed by atoms with Crippen molar-refractivity contribution in [2.75, 3.05) is 20.2 Å². The highest BCUT2D eigenvalue weighted by molar-refractivity contribution is 5.94. The fourth-order valence-electron chi connectivity index (χ4n) is 3.71. The number of benzene rings is 1. The van der Waals surface area contributed by atoms with E-state index in [1.807, 2.05) is 19.2 Å². The molecular weight excluding hydrogens is 362 g/mol. The van der Waals surface area contributed by atoms with Gasteiger partial charge in [-0.3, -0.25) is 0 Å². The molecule has 0 aliphatic rings. The van der Waals surface area contributed by atoms with E-state index in [1.165, 1.54) is 10.9 Å². The van der Waals surface area contributed by atoms with E-state index in [0.29, 0.717) is 6.10 Å². The number of rotatable bonds is 8. The van der Waals surface area contributed by atoms with E-state index in [9.17, 15) is 0 Å². The summed E-state index contributed by atoms with van der Waals surface area (Å²) in [6, 6.07) is 10.8. The Hall–Kier alpha value is -2.70. The summed E-state index contributed by atoms with van der Waals surface area (Å²) in [5.41, 5.74) is 6.30. The Morgan fingerprint density at radius 3 is 2.83 bits per heavy atom. The number of nitrogens with one attached hydrogen (secondary N) is 2. The lowest BCUT2D eigenvalue weighted by Gasteiger charge is -2.17. The van der Waals surface area contributed by atoms with Gasteiger partial charge in [0.15, 0.2) is 5.65 Å². The van der Waals surface area contributed by atoms with Crippen LogP contribution in [-0.4, -0.2) is 51.1 Å². The minimum Gasteiger partial charge on any atom is -0.379 e. The molecule has 2 N–H and O–H groups in total. The van der Waals surface area contributed by atoms with E-state index in [4.69, 9.17) is 4.74 Å². The molecule has 6 nitrogen and oxygen atoms in total. The molecular formula is C23H29N5O. The van der Waals surface area contributed by atoms with Crippen LogP contribution in [0.15, 0.2) is 36.5 Å². The van der Waals surface area contributed by atoms with Gasteiger partial charge in [-0.15, -0.1) is 0 Å². The first-order valence-corrected chi connectivity index (χ1v) is 10.2. The van der Waals surface area contributed by atoms with Crippen LogP contribution in [0.4, 0.5) is 0 Å². The largest absolute Gasteiger partial charge is 0.379 e. The molecule has 0 unspecified atom stereocenters. The SMILES string of the molecule is Cc1nc2c(-c3cc4cc(CN(C)CCCOC(C)C)ccc4[nH]3)ccnc2[nH]1. The second kappa shape index (κ2) is 8.35. The quantitative estimate of drug-likeness (QED) is 0.429. The Morgan fingerprint density at radius 1 is 1.14 bits per heavy atom. The first kappa shape index (κ1) is 19.6. The van der Waals surface area contributed by atoms with Gasteiger partial charge >= 0.3 is 0 Å². The van der Waals surface area contributed by atoms with E-state index < -0.39 is 0 Å². The van der Waals surface area contributed by atoms with Gasteiger partial charge in [0.25, 0.3) is 0 Å². The first-order valence-electron chi connectivity index (χ1n) is 10.2. The number of nitrogens with zero attached hydrogens (tertiary/aromatic N) is 3. The molecule has 0 saturated heterocycles. The van der Waals surface area contributed by atoms with Gasteiger partial charge in [-0.25, -0.2) is 9.97 Å². The summed E-state index contributed by atoms with van der Waals surface area (Å²) >= 11 is 0. The molecule has 0 saturated carbocycles. The summed E-state index contributed by atoms with van der Waals surface area (Å²) < 4.78 is 5.63. The normalized spacial score (nSPS) is 12.1. The number of pyridine rings is 1. The predicted octanol–water partition coefficient (Wildman–Crippen LogP) is 4.66. The number of ether oxygens (including phenoxy) is 1. The monoisotopic (exact) mass is 391 g/mol. The van der Waals surface area contributed by atoms with Crippen LogP contribution in [0, 0.1) is 6.92 Å². The van der Waals surface area contributed by atoms with Gasteiger partial charge < -0.3 is 19.6 Å². The summed E-state index contributed by atoms with van der Waals surface area (Å²) in [5.74, 6) is 0.875. The molecule has 0 radical (unpaired) electrons. The van der Waals surface area contributed by atoms with Crippen LogP contribution in [0.3, 0.4) is 0 Å². The maximum Gasteiger partial charge on any atom is 0.158 e. The third-order valence-electron chi connectivity index (χ3n) is 5.07. The van der Waals surface area contributed by atoms with Crippen LogP contribution in [0.5, 0.6) is 0 Å². The molecule has 0 atom stereocenters. The summed E-state index contributed by atoms with van der Waals surface area (Å²) in [6.07, 6.45) is 3.17. The van der Waals surface area contributed by atoms with Crippen molar-refractivity contribution in [1.82, 2.24) is 24.8 Å². The minimum absolute atomic E-state index is 0.303. The minimum atomic E-state index is 0.303. The van der Waals surface area contributed by atoms with Crippen molar-refractivity contribution < 1.29 is 4.74 Å². The van der Waals surface area contributed by atoms with E-state index in [-0.39, 0.29) is 0 Å². The molecule has 152 valence electrons. The number of H-pyrrole nitrogens is 2. The highest BCUT2D eigenvalue weighted by atomic mass is 16.5. The number of hydrogen-bond donors (Lipinski definition) is 2. The molecule has 0 bridgehead atoms. The molecule has 3 heterocycles. The van der Waals surface area contributed by atoms with Crippen molar-refractivity contribution in [3.63, 3.8) is 0 Å². The maximum atomic E-state index is 5.63. The summed E-state index contributed by atoms with van der Waals surface area (Å²) in [4.78, 5) is 18.1. The van der Waals surface area contributed by atoms with E-state index in [0.717, 1.165) is 59.9 Å². The van der Waals surface area contributed by atoms with Crippen molar-refractivity contribution in [1.29, 1.82) is 0 Å². The summed E-state index contributed by atoms with van der Waals surface area (Å²) in [7, 11) is 2.16. The third-order valence-corrected chi connectivity index (χ3v) is 5.07. The standard InChI is InChI=1S/C23H29N5O/c1-15(2)29-11-5-10-28(4)14-17-6-7-20-18(12-17)13-21(27-20)19-8-9-24-23-22(19)25-16(3)26-23/h6-9,12-13,15,27H,5,10-11,14H2,1-4H3,(H,24,25,26). The molecule has 6 heteroatoms. The van der Waals surface area contributed by atoms with Crippen molar-refractivity contribution in [3.05, 3.63) is 47.9 Å². The van der Waals surface area contributed by atoms with E-state index >= 15 is 0 Å². The Kier molecular flexibility index (Phi) is 5.65. The number of imidazole rings is 1. The highest BCUT2D eigenvalue weighted by Crippen LogP contribution is 2.29. The van der Waals surface area contributed by atoms with Gasteiger partial charge in [-0.1, -0.05) is 6.07 Å². The molecule has 4 rings (SSSR count). The fourth-order valence-corrected chi connectivity index (χ4v) is 3.71. The Morgan fingerprint density at radius 2 is 2.00 bits per heavy atom.